The summed E-state index contributed by atoms with van der Waals surface area (Å²) in [5.41, 5.74) is 5.27. The monoisotopic (exact) mass is 1070 g/mol. The Balaban J connectivity index is 1.06. The summed E-state index contributed by atoms with van der Waals surface area (Å²) >= 11 is 0. The molecule has 4 aromatic carbocycles. The molecule has 0 amide bonds. The topological polar surface area (TPSA) is 58.9 Å². The lowest BCUT2D eigenvalue weighted by Crippen LogP contribution is -2.55. The van der Waals surface area contributed by atoms with Crippen LogP contribution in [-0.2, 0) is 20.7 Å². The van der Waals surface area contributed by atoms with E-state index < -0.39 is 29.2 Å². The molecule has 5 aliphatic rings. The standard InChI is InChI=1S/C75H110O4/c1-7-11-15-19-55-23-31-59(32-24-55)63-39-47-67(48-40-63)74(76,68-49-41-64(42-50-68)60-33-25-56(26-34-60)20-16-12-8-2)71-72(79-73(5,6)78-71)75(77,69-51-43-65(44-52-69)61-35-27-57(28-36-61)21-17-13-9-3)70-53-45-66(46-54-70)62-37-29-58(30-38-62)22-18-14-10-4/h39-62,71-72,76-77H,7-38H2,1-6H3/t55?,56?,57?,58?,59?,60?,61?,62?,71-,72-,74?,75?/m1/s1. The first-order chi connectivity index (χ1) is 38.4. The van der Waals surface area contributed by atoms with Crippen LogP contribution in [0.25, 0.3) is 0 Å². The average molecular weight is 1080 g/mol. The maximum Gasteiger partial charge on any atom is 0.164 e. The summed E-state index contributed by atoms with van der Waals surface area (Å²) < 4.78 is 14.4. The molecule has 1 heterocycles. The molecule has 1 aliphatic heterocycles. The fourth-order valence-corrected chi connectivity index (χ4v) is 16.3. The second-order valence-corrected chi connectivity index (χ2v) is 27.4. The molecule has 79 heavy (non-hydrogen) atoms. The van der Waals surface area contributed by atoms with E-state index in [2.05, 4.69) is 125 Å². The van der Waals surface area contributed by atoms with E-state index in [9.17, 15) is 10.2 Å². The van der Waals surface area contributed by atoms with Crippen molar-refractivity contribution >= 4 is 0 Å². The van der Waals surface area contributed by atoms with E-state index in [4.69, 9.17) is 9.47 Å². The van der Waals surface area contributed by atoms with Crippen molar-refractivity contribution in [1.29, 1.82) is 0 Å². The third-order valence-corrected chi connectivity index (χ3v) is 21.5. The molecular formula is C75H110O4. The molecule has 4 heteroatoms. The van der Waals surface area contributed by atoms with Crippen molar-refractivity contribution in [2.45, 2.75) is 300 Å². The van der Waals surface area contributed by atoms with Crippen molar-refractivity contribution in [1.82, 2.24) is 0 Å². The normalized spacial score (nSPS) is 29.0. The highest BCUT2D eigenvalue weighted by atomic mass is 16.8. The Labute approximate surface area is 482 Å². The third kappa shape index (κ3) is 14.9. The third-order valence-electron chi connectivity index (χ3n) is 21.5. The van der Waals surface area contributed by atoms with E-state index in [0.717, 1.165) is 45.9 Å². The van der Waals surface area contributed by atoms with Gasteiger partial charge >= 0.3 is 0 Å². The van der Waals surface area contributed by atoms with Gasteiger partial charge in [-0.05, 0) is 208 Å². The first-order valence-electron chi connectivity index (χ1n) is 33.7. The van der Waals surface area contributed by atoms with E-state index in [1.165, 1.54) is 228 Å². The highest BCUT2D eigenvalue weighted by Gasteiger charge is 2.61. The molecule has 4 aromatic rings. The van der Waals surface area contributed by atoms with Crippen LogP contribution in [-0.4, -0.2) is 28.2 Å². The zero-order valence-electron chi connectivity index (χ0n) is 50.8. The van der Waals surface area contributed by atoms with Crippen LogP contribution >= 0.6 is 0 Å². The Morgan fingerprint density at radius 3 is 0.722 bits per heavy atom. The molecule has 0 bridgehead atoms. The molecule has 5 fully saturated rings. The Bertz CT molecular complexity index is 2040. The van der Waals surface area contributed by atoms with Crippen molar-refractivity contribution in [2.24, 2.45) is 23.7 Å². The van der Waals surface area contributed by atoms with Crippen LogP contribution < -0.4 is 0 Å². The summed E-state index contributed by atoms with van der Waals surface area (Å²) in [5, 5.41) is 28.6. The largest absolute Gasteiger partial charge is 0.378 e. The fourth-order valence-electron chi connectivity index (χ4n) is 16.3. The summed E-state index contributed by atoms with van der Waals surface area (Å²) in [5.74, 6) is 4.41. The van der Waals surface area contributed by atoms with Gasteiger partial charge in [-0.25, -0.2) is 0 Å². The quantitative estimate of drug-likeness (QED) is 0.0615. The predicted molar refractivity (Wildman–Crippen MR) is 331 cm³/mol. The molecule has 4 aliphatic carbocycles. The second kappa shape index (κ2) is 28.8. The SMILES string of the molecule is CCCCCC1CCC(c2ccc(C(O)(c3ccc(C4CCC(CCCCC)CC4)cc3)[C@@H]3OC(C)(C)O[C@H]3C(O)(c3ccc(C4CCC(CCCCC)CC4)cc3)c3ccc(C4CCC(CCCCC)CC4)cc3)cc2)CC1. The molecule has 4 nitrogen and oxygen atoms in total. The van der Waals surface area contributed by atoms with Gasteiger partial charge < -0.3 is 19.7 Å². The molecular weight excluding hydrogens is 965 g/mol. The van der Waals surface area contributed by atoms with Gasteiger partial charge in [0.2, 0.25) is 0 Å². The molecule has 1 saturated heterocycles. The van der Waals surface area contributed by atoms with E-state index in [1.54, 1.807) is 0 Å². The van der Waals surface area contributed by atoms with Crippen LogP contribution in [0.1, 0.15) is 315 Å². The molecule has 434 valence electrons. The van der Waals surface area contributed by atoms with Crippen molar-refractivity contribution < 1.29 is 19.7 Å². The van der Waals surface area contributed by atoms with Gasteiger partial charge in [0.05, 0.1) is 0 Å². The van der Waals surface area contributed by atoms with Gasteiger partial charge in [-0.15, -0.1) is 0 Å². The minimum atomic E-state index is -1.66. The first kappa shape index (κ1) is 60.3. The molecule has 0 radical (unpaired) electrons. The summed E-state index contributed by atoms with van der Waals surface area (Å²) in [6.45, 7) is 13.2. The molecule has 4 saturated carbocycles. The number of unbranched alkanes of at least 4 members (excludes halogenated alkanes) is 8. The Morgan fingerprint density at radius 1 is 0.329 bits per heavy atom. The van der Waals surface area contributed by atoms with Gasteiger partial charge in [0, 0.05) is 0 Å². The zero-order chi connectivity index (χ0) is 55.2. The Hall–Kier alpha value is -3.28. The summed E-state index contributed by atoms with van der Waals surface area (Å²) in [6, 6.07) is 35.8. The molecule has 0 unspecified atom stereocenters. The minimum Gasteiger partial charge on any atom is -0.378 e. The van der Waals surface area contributed by atoms with Crippen LogP contribution in [0.3, 0.4) is 0 Å². The highest BCUT2D eigenvalue weighted by molar-refractivity contribution is 5.46. The maximum atomic E-state index is 14.3. The van der Waals surface area contributed by atoms with Crippen molar-refractivity contribution in [3.05, 3.63) is 142 Å². The van der Waals surface area contributed by atoms with Gasteiger partial charge in [-0.1, -0.05) is 227 Å². The van der Waals surface area contributed by atoms with Gasteiger partial charge in [0.15, 0.2) is 5.79 Å². The van der Waals surface area contributed by atoms with Crippen LogP contribution in [0.2, 0.25) is 0 Å². The van der Waals surface area contributed by atoms with E-state index in [1.807, 2.05) is 13.8 Å². The number of aliphatic hydroxyl groups is 2. The zero-order valence-corrected chi connectivity index (χ0v) is 50.8. The van der Waals surface area contributed by atoms with Crippen molar-refractivity contribution in [2.75, 3.05) is 0 Å². The van der Waals surface area contributed by atoms with Crippen molar-refractivity contribution in [3.63, 3.8) is 0 Å². The van der Waals surface area contributed by atoms with Crippen molar-refractivity contribution in [3.8, 4) is 0 Å². The highest BCUT2D eigenvalue weighted by Crippen LogP contribution is 2.52. The maximum absolute atomic E-state index is 14.3. The number of hydrogen-bond acceptors (Lipinski definition) is 4. The molecule has 2 N–H and O–H groups in total. The number of ether oxygens (including phenoxy) is 2. The van der Waals surface area contributed by atoms with E-state index >= 15 is 0 Å². The van der Waals surface area contributed by atoms with Gasteiger partial charge in [0.25, 0.3) is 0 Å². The molecule has 0 aromatic heterocycles. The number of rotatable bonds is 26. The van der Waals surface area contributed by atoms with E-state index in [0.29, 0.717) is 23.7 Å². The predicted octanol–water partition coefficient (Wildman–Crippen LogP) is 20.8. The van der Waals surface area contributed by atoms with Gasteiger partial charge in [-0.2, -0.15) is 0 Å². The second-order valence-electron chi connectivity index (χ2n) is 27.4. The lowest BCUT2D eigenvalue weighted by Gasteiger charge is -2.43. The molecule has 9 rings (SSSR count). The van der Waals surface area contributed by atoms with Crippen LogP contribution in [0.4, 0.5) is 0 Å². The first-order valence-corrected chi connectivity index (χ1v) is 33.7. The summed E-state index contributed by atoms with van der Waals surface area (Å²) in [7, 11) is 0. The number of hydrogen-bond donors (Lipinski definition) is 2. The Morgan fingerprint density at radius 2 is 0.532 bits per heavy atom. The smallest absolute Gasteiger partial charge is 0.164 e. The summed E-state index contributed by atoms with van der Waals surface area (Å²) in [4.78, 5) is 0. The summed E-state index contributed by atoms with van der Waals surface area (Å²) in [6.07, 6.45) is 39.7. The van der Waals surface area contributed by atoms with E-state index in [-0.39, 0.29) is 0 Å². The fraction of sp³-hybridized carbons (Fsp3) is 0.680. The van der Waals surface area contributed by atoms with Gasteiger partial charge in [-0.3, -0.25) is 0 Å². The molecule has 0 spiro atoms. The average Bonchev–Trinajstić information content (AvgIpc) is 4.10. The molecule has 2 atom stereocenters. The number of benzene rings is 4. The van der Waals surface area contributed by atoms with Gasteiger partial charge in [0.1, 0.15) is 23.4 Å². The van der Waals surface area contributed by atoms with Crippen LogP contribution in [0, 0.1) is 23.7 Å². The lowest BCUT2D eigenvalue weighted by atomic mass is 9.70. The lowest BCUT2D eigenvalue weighted by molar-refractivity contribution is -0.172. The van der Waals surface area contributed by atoms with Crippen LogP contribution in [0.5, 0.6) is 0 Å². The van der Waals surface area contributed by atoms with Crippen LogP contribution in [0.15, 0.2) is 97.1 Å². The minimum absolute atomic E-state index is 0.529. The Kier molecular flexibility index (Phi) is 22.0.